The van der Waals surface area contributed by atoms with Crippen LogP contribution in [0.3, 0.4) is 0 Å². The minimum atomic E-state index is -0.363. The van der Waals surface area contributed by atoms with Gasteiger partial charge < -0.3 is 14.6 Å². The van der Waals surface area contributed by atoms with E-state index in [1.165, 1.54) is 28.5 Å². The number of benzene rings is 1. The monoisotopic (exact) mass is 369 g/mol. The molecule has 0 aliphatic heterocycles. The van der Waals surface area contributed by atoms with Crippen molar-refractivity contribution in [2.75, 3.05) is 13.6 Å². The fraction of sp³-hybridized carbons (Fsp3) is 0.250. The van der Waals surface area contributed by atoms with E-state index in [2.05, 4.69) is 4.98 Å². The van der Waals surface area contributed by atoms with Crippen LogP contribution in [0.15, 0.2) is 47.4 Å². The maximum atomic E-state index is 13.1. The third-order valence-corrected chi connectivity index (χ3v) is 4.50. The third-order valence-electron chi connectivity index (χ3n) is 4.50. The first kappa shape index (κ1) is 18.6. The SMILES string of the molecule is CC(=O)N(C)CCn1c(=O)cc(O)c2ncc(Cc3ccc(F)cc3)cc21. The van der Waals surface area contributed by atoms with Crippen molar-refractivity contribution in [3.8, 4) is 5.75 Å². The van der Waals surface area contributed by atoms with Crippen LogP contribution in [-0.4, -0.2) is 39.1 Å². The average Bonchev–Trinajstić information content (AvgIpc) is 2.63. The van der Waals surface area contributed by atoms with Crippen LogP contribution in [0.4, 0.5) is 4.39 Å². The highest BCUT2D eigenvalue weighted by Crippen LogP contribution is 2.22. The highest BCUT2D eigenvalue weighted by atomic mass is 19.1. The molecule has 0 atom stereocenters. The predicted molar refractivity (Wildman–Crippen MR) is 100 cm³/mol. The summed E-state index contributed by atoms with van der Waals surface area (Å²) in [5, 5.41) is 10.1. The van der Waals surface area contributed by atoms with Crippen molar-refractivity contribution in [1.82, 2.24) is 14.5 Å². The van der Waals surface area contributed by atoms with E-state index in [0.717, 1.165) is 17.2 Å². The Labute approximate surface area is 155 Å². The molecule has 1 amide bonds. The van der Waals surface area contributed by atoms with Gasteiger partial charge in [-0.2, -0.15) is 0 Å². The molecule has 6 nitrogen and oxygen atoms in total. The van der Waals surface area contributed by atoms with Crippen molar-refractivity contribution in [2.45, 2.75) is 19.9 Å². The Morgan fingerprint density at radius 3 is 2.59 bits per heavy atom. The van der Waals surface area contributed by atoms with E-state index in [0.29, 0.717) is 24.0 Å². The standard InChI is InChI=1S/C20H20FN3O3/c1-13(25)23(2)7-8-24-17-10-15(9-14-3-5-16(21)6-4-14)12-22-20(17)18(26)11-19(24)27/h3-6,10-12,26H,7-9H2,1-2H3. The van der Waals surface area contributed by atoms with Crippen molar-refractivity contribution < 1.29 is 14.3 Å². The van der Waals surface area contributed by atoms with Gasteiger partial charge in [-0.25, -0.2) is 4.39 Å². The van der Waals surface area contributed by atoms with Gasteiger partial charge in [0, 0.05) is 39.3 Å². The smallest absolute Gasteiger partial charge is 0.254 e. The van der Waals surface area contributed by atoms with E-state index in [1.54, 1.807) is 31.4 Å². The van der Waals surface area contributed by atoms with Crippen LogP contribution in [0.2, 0.25) is 0 Å². The average molecular weight is 369 g/mol. The number of hydrogen-bond donors (Lipinski definition) is 1. The van der Waals surface area contributed by atoms with Crippen molar-refractivity contribution in [2.24, 2.45) is 0 Å². The summed E-state index contributed by atoms with van der Waals surface area (Å²) in [4.78, 5) is 29.6. The lowest BCUT2D eigenvalue weighted by molar-refractivity contribution is -0.127. The second-order valence-corrected chi connectivity index (χ2v) is 6.47. The Hall–Kier alpha value is -3.22. The molecule has 1 aromatic carbocycles. The normalized spacial score (nSPS) is 10.9. The fourth-order valence-electron chi connectivity index (χ4n) is 2.85. The molecule has 0 aliphatic rings. The van der Waals surface area contributed by atoms with Gasteiger partial charge in [0.1, 0.15) is 17.1 Å². The van der Waals surface area contributed by atoms with Gasteiger partial charge in [-0.05, 0) is 35.7 Å². The molecule has 7 heteroatoms. The maximum absolute atomic E-state index is 13.1. The van der Waals surface area contributed by atoms with Crippen LogP contribution >= 0.6 is 0 Å². The summed E-state index contributed by atoms with van der Waals surface area (Å²) in [5.74, 6) is -0.579. The van der Waals surface area contributed by atoms with Crippen LogP contribution in [0.25, 0.3) is 11.0 Å². The lowest BCUT2D eigenvalue weighted by Crippen LogP contribution is -2.31. The van der Waals surface area contributed by atoms with Crippen molar-refractivity contribution in [3.05, 3.63) is 69.9 Å². The number of likely N-dealkylation sites (N-methyl/N-ethyl adjacent to an activating group) is 1. The van der Waals surface area contributed by atoms with Gasteiger partial charge >= 0.3 is 0 Å². The van der Waals surface area contributed by atoms with Crippen LogP contribution < -0.4 is 5.56 Å². The van der Waals surface area contributed by atoms with E-state index in [9.17, 15) is 19.1 Å². The number of pyridine rings is 2. The number of aromatic nitrogens is 2. The minimum absolute atomic E-state index is 0.0961. The first-order valence-corrected chi connectivity index (χ1v) is 8.52. The zero-order chi connectivity index (χ0) is 19.6. The number of carbonyl (C=O) groups is 1. The molecule has 0 saturated carbocycles. The number of hydrogen-bond acceptors (Lipinski definition) is 4. The van der Waals surface area contributed by atoms with Gasteiger partial charge in [0.2, 0.25) is 5.91 Å². The first-order valence-electron chi connectivity index (χ1n) is 8.52. The molecular weight excluding hydrogens is 349 g/mol. The van der Waals surface area contributed by atoms with Crippen molar-refractivity contribution in [1.29, 1.82) is 0 Å². The number of rotatable bonds is 5. The molecule has 2 heterocycles. The molecule has 0 saturated heterocycles. The van der Waals surface area contributed by atoms with Crippen LogP contribution in [0.1, 0.15) is 18.1 Å². The molecule has 3 rings (SSSR count). The maximum Gasteiger partial charge on any atom is 0.254 e. The molecule has 3 aromatic rings. The summed E-state index contributed by atoms with van der Waals surface area (Å²) in [6.07, 6.45) is 2.14. The molecule has 27 heavy (non-hydrogen) atoms. The zero-order valence-corrected chi connectivity index (χ0v) is 15.1. The second kappa shape index (κ2) is 7.57. The zero-order valence-electron chi connectivity index (χ0n) is 15.1. The second-order valence-electron chi connectivity index (χ2n) is 6.47. The Morgan fingerprint density at radius 2 is 1.93 bits per heavy atom. The van der Waals surface area contributed by atoms with Gasteiger partial charge in [0.05, 0.1) is 5.52 Å². The topological polar surface area (TPSA) is 75.4 Å². The molecule has 0 spiro atoms. The molecule has 0 radical (unpaired) electrons. The van der Waals surface area contributed by atoms with E-state index in [1.807, 2.05) is 0 Å². The fourth-order valence-corrected chi connectivity index (χ4v) is 2.85. The van der Waals surface area contributed by atoms with Crippen molar-refractivity contribution >= 4 is 16.9 Å². The molecule has 0 fully saturated rings. The van der Waals surface area contributed by atoms with Gasteiger partial charge in [0.15, 0.2) is 0 Å². The largest absolute Gasteiger partial charge is 0.505 e. The Kier molecular flexibility index (Phi) is 5.21. The minimum Gasteiger partial charge on any atom is -0.505 e. The summed E-state index contributed by atoms with van der Waals surface area (Å²) < 4.78 is 14.6. The number of nitrogens with zero attached hydrogens (tertiary/aromatic N) is 3. The molecule has 140 valence electrons. The molecule has 0 unspecified atom stereocenters. The number of carbonyl (C=O) groups excluding carboxylic acids is 1. The van der Waals surface area contributed by atoms with Gasteiger partial charge in [-0.1, -0.05) is 12.1 Å². The Bertz CT molecular complexity index is 1040. The molecular formula is C20H20FN3O3. The lowest BCUT2D eigenvalue weighted by atomic mass is 10.1. The van der Waals surface area contributed by atoms with Crippen LogP contribution in [0.5, 0.6) is 5.75 Å². The van der Waals surface area contributed by atoms with Crippen molar-refractivity contribution in [3.63, 3.8) is 0 Å². The number of amides is 1. The highest BCUT2D eigenvalue weighted by molar-refractivity contribution is 5.81. The number of halogens is 1. The van der Waals surface area contributed by atoms with Gasteiger partial charge in [-0.15, -0.1) is 0 Å². The number of fused-ring (bicyclic) bond motifs is 1. The summed E-state index contributed by atoms with van der Waals surface area (Å²) >= 11 is 0. The van der Waals surface area contributed by atoms with E-state index < -0.39 is 0 Å². The molecule has 0 bridgehead atoms. The number of aromatic hydroxyl groups is 1. The molecule has 0 aliphatic carbocycles. The van der Waals surface area contributed by atoms with E-state index in [-0.39, 0.29) is 29.6 Å². The lowest BCUT2D eigenvalue weighted by Gasteiger charge is -2.17. The van der Waals surface area contributed by atoms with E-state index >= 15 is 0 Å². The summed E-state index contributed by atoms with van der Waals surface area (Å²) in [5.41, 5.74) is 2.19. The summed E-state index contributed by atoms with van der Waals surface area (Å²) in [7, 11) is 1.66. The van der Waals surface area contributed by atoms with E-state index in [4.69, 9.17) is 0 Å². The van der Waals surface area contributed by atoms with Crippen LogP contribution in [0, 0.1) is 5.82 Å². The third kappa shape index (κ3) is 4.13. The Morgan fingerprint density at radius 1 is 1.22 bits per heavy atom. The highest BCUT2D eigenvalue weighted by Gasteiger charge is 2.12. The van der Waals surface area contributed by atoms with Gasteiger partial charge in [0.25, 0.3) is 5.56 Å². The molecule has 1 N–H and O–H groups in total. The summed E-state index contributed by atoms with van der Waals surface area (Å²) in [6, 6.07) is 9.09. The summed E-state index contributed by atoms with van der Waals surface area (Å²) in [6.45, 7) is 2.10. The van der Waals surface area contributed by atoms with Crippen LogP contribution in [-0.2, 0) is 17.8 Å². The first-order chi connectivity index (χ1) is 12.8. The molecule has 2 aromatic heterocycles. The Balaban J connectivity index is 1.99. The predicted octanol–water partition coefficient (Wildman–Crippen LogP) is 2.31. The quantitative estimate of drug-likeness (QED) is 0.749. The van der Waals surface area contributed by atoms with Gasteiger partial charge in [-0.3, -0.25) is 14.6 Å².